The predicted molar refractivity (Wildman–Crippen MR) is 180 cm³/mol. The fourth-order valence-electron chi connectivity index (χ4n) is 5.85. The molecule has 0 spiro atoms. The minimum atomic E-state index is -3.46. The molecule has 5 heteroatoms. The SMILES string of the molecule is CCCCCCCCCCCCCCCCS(=O)(=O)OP(C)(C)(CCCCCCCC)CCCCCCCC. The second kappa shape index (κ2) is 24.9. The number of rotatable bonds is 31. The van der Waals surface area contributed by atoms with E-state index in [0.717, 1.165) is 44.4 Å². The van der Waals surface area contributed by atoms with E-state index >= 15 is 0 Å². The molecule has 0 aromatic heterocycles. The summed E-state index contributed by atoms with van der Waals surface area (Å²) in [5.41, 5.74) is 0. The second-order valence-corrected chi connectivity index (χ2v) is 21.6. The van der Waals surface area contributed by atoms with Crippen molar-refractivity contribution in [2.75, 3.05) is 31.4 Å². The topological polar surface area (TPSA) is 43.4 Å². The molecule has 238 valence electrons. The van der Waals surface area contributed by atoms with Gasteiger partial charge in [-0.15, -0.1) is 0 Å². The molecule has 0 rings (SSSR count). The van der Waals surface area contributed by atoms with Crippen LogP contribution in [0, 0.1) is 0 Å². The van der Waals surface area contributed by atoms with Crippen molar-refractivity contribution in [2.24, 2.45) is 0 Å². The first-order valence-corrected chi connectivity index (χ1v) is 22.6. The normalized spacial score (nSPS) is 13.5. The van der Waals surface area contributed by atoms with Gasteiger partial charge in [-0.25, -0.2) is 0 Å². The van der Waals surface area contributed by atoms with E-state index in [2.05, 4.69) is 34.1 Å². The molecule has 0 aliphatic rings. The summed E-state index contributed by atoms with van der Waals surface area (Å²) >= 11 is 0. The summed E-state index contributed by atoms with van der Waals surface area (Å²) in [6.45, 7) is 8.50. The third kappa shape index (κ3) is 25.8. The Bertz CT molecular complexity index is 612. The van der Waals surface area contributed by atoms with Crippen LogP contribution in [0.5, 0.6) is 0 Å². The summed E-state index contributed by atoms with van der Waals surface area (Å²) in [6, 6.07) is 0. The third-order valence-corrected chi connectivity index (χ3v) is 15.7. The Morgan fingerprint density at radius 2 is 0.667 bits per heavy atom. The van der Waals surface area contributed by atoms with Crippen LogP contribution in [-0.2, 0) is 14.1 Å². The average Bonchev–Trinajstić information content (AvgIpc) is 2.88. The predicted octanol–water partition coefficient (Wildman–Crippen LogP) is 12.3. The maximum atomic E-state index is 13.1. The first-order valence-electron chi connectivity index (χ1n) is 17.6. The van der Waals surface area contributed by atoms with Crippen molar-refractivity contribution in [1.82, 2.24) is 0 Å². The first-order chi connectivity index (χ1) is 18.7. The van der Waals surface area contributed by atoms with Crippen LogP contribution in [0.3, 0.4) is 0 Å². The van der Waals surface area contributed by atoms with Crippen LogP contribution in [0.4, 0.5) is 0 Å². The van der Waals surface area contributed by atoms with Crippen molar-refractivity contribution >= 4 is 16.9 Å². The zero-order valence-electron chi connectivity index (χ0n) is 27.6. The van der Waals surface area contributed by atoms with Gasteiger partial charge in [0.05, 0.1) is 0 Å². The van der Waals surface area contributed by atoms with Crippen LogP contribution in [-0.4, -0.2) is 39.8 Å². The van der Waals surface area contributed by atoms with E-state index in [4.69, 9.17) is 3.97 Å². The van der Waals surface area contributed by atoms with Crippen molar-refractivity contribution in [3.05, 3.63) is 0 Å². The van der Waals surface area contributed by atoms with Gasteiger partial charge in [0.1, 0.15) is 0 Å². The molecule has 0 saturated carbocycles. The van der Waals surface area contributed by atoms with Crippen LogP contribution >= 0.6 is 6.83 Å². The summed E-state index contributed by atoms with van der Waals surface area (Å²) < 4.78 is 32.5. The van der Waals surface area contributed by atoms with Crippen molar-refractivity contribution in [1.29, 1.82) is 0 Å². The van der Waals surface area contributed by atoms with Crippen LogP contribution < -0.4 is 0 Å². The Morgan fingerprint density at radius 3 is 0.974 bits per heavy atom. The van der Waals surface area contributed by atoms with Crippen molar-refractivity contribution < 1.29 is 12.4 Å². The van der Waals surface area contributed by atoms with Gasteiger partial charge in [0.25, 0.3) is 0 Å². The number of hydrogen-bond acceptors (Lipinski definition) is 3. The summed E-state index contributed by atoms with van der Waals surface area (Å²) in [4.78, 5) is 0. The molecule has 0 saturated heterocycles. The minimum absolute atomic E-state index is 0.206. The van der Waals surface area contributed by atoms with Gasteiger partial charge in [0.2, 0.25) is 0 Å². The van der Waals surface area contributed by atoms with Gasteiger partial charge < -0.3 is 0 Å². The van der Waals surface area contributed by atoms with Crippen molar-refractivity contribution in [3.8, 4) is 0 Å². The van der Waals surface area contributed by atoms with E-state index in [0.29, 0.717) is 0 Å². The average molecular weight is 593 g/mol. The number of hydrogen-bond donors (Lipinski definition) is 0. The van der Waals surface area contributed by atoms with E-state index in [1.165, 1.54) is 135 Å². The zero-order chi connectivity index (χ0) is 29.2. The molecule has 0 radical (unpaired) electrons. The summed E-state index contributed by atoms with van der Waals surface area (Å²) in [6.07, 6.45) is 34.8. The summed E-state index contributed by atoms with van der Waals surface area (Å²) in [5, 5.41) is 0. The molecule has 0 aliphatic carbocycles. The van der Waals surface area contributed by atoms with E-state index in [1.54, 1.807) is 0 Å². The van der Waals surface area contributed by atoms with Gasteiger partial charge in [0.15, 0.2) is 0 Å². The molecule has 0 aromatic carbocycles. The molecule has 0 fully saturated rings. The Labute approximate surface area is 247 Å². The molecule has 0 aromatic rings. The molecule has 3 nitrogen and oxygen atoms in total. The van der Waals surface area contributed by atoms with Crippen LogP contribution in [0.1, 0.15) is 188 Å². The molecule has 0 atom stereocenters. The Kier molecular flexibility index (Phi) is 25.1. The second-order valence-electron chi connectivity index (χ2n) is 13.5. The third-order valence-electron chi connectivity index (χ3n) is 8.53. The van der Waals surface area contributed by atoms with Gasteiger partial charge in [0, 0.05) is 0 Å². The fraction of sp³-hybridized carbons (Fsp3) is 1.00. The quantitative estimate of drug-likeness (QED) is 0.0594. The fourth-order valence-corrected chi connectivity index (χ4v) is 13.0. The monoisotopic (exact) mass is 593 g/mol. The molecule has 0 N–H and O–H groups in total. The van der Waals surface area contributed by atoms with Crippen molar-refractivity contribution in [2.45, 2.75) is 188 Å². The standard InChI is InChI=1S/C34H73O3PS/c1-6-9-12-15-18-19-20-21-22-23-24-25-28-31-34-39(35,36)37-38(4,5,32-29-26-16-13-10-7-2)33-30-27-17-14-11-8-3/h6-34H2,1-5H3. The van der Waals surface area contributed by atoms with E-state index in [-0.39, 0.29) is 5.75 Å². The number of unbranched alkanes of at least 4 members (excludes halogenated alkanes) is 23. The first kappa shape index (κ1) is 39.3. The van der Waals surface area contributed by atoms with Gasteiger partial charge in [-0.3, -0.25) is 0 Å². The maximum absolute atomic E-state index is 13.1. The molecule has 0 heterocycles. The Balaban J connectivity index is 4.34. The zero-order valence-corrected chi connectivity index (χ0v) is 29.3. The van der Waals surface area contributed by atoms with Gasteiger partial charge in [-0.2, -0.15) is 0 Å². The van der Waals surface area contributed by atoms with Crippen LogP contribution in [0.2, 0.25) is 0 Å². The molecule has 0 amide bonds. The van der Waals surface area contributed by atoms with E-state index in [9.17, 15) is 8.42 Å². The molecule has 0 aliphatic heterocycles. The Morgan fingerprint density at radius 1 is 0.410 bits per heavy atom. The van der Waals surface area contributed by atoms with Gasteiger partial charge in [-0.05, 0) is 0 Å². The van der Waals surface area contributed by atoms with E-state index in [1.807, 2.05) is 0 Å². The van der Waals surface area contributed by atoms with Crippen LogP contribution in [0.25, 0.3) is 0 Å². The Hall–Kier alpha value is 0.340. The van der Waals surface area contributed by atoms with Crippen LogP contribution in [0.15, 0.2) is 0 Å². The summed E-state index contributed by atoms with van der Waals surface area (Å²) in [5.74, 6) is 0.206. The molecular formula is C34H73O3PS. The molecular weight excluding hydrogens is 519 g/mol. The van der Waals surface area contributed by atoms with Gasteiger partial charge in [-0.1, -0.05) is 39.0 Å². The van der Waals surface area contributed by atoms with Gasteiger partial charge >= 0.3 is 209 Å². The molecule has 39 heavy (non-hydrogen) atoms. The molecule has 0 unspecified atom stereocenters. The summed E-state index contributed by atoms with van der Waals surface area (Å²) in [7, 11) is -3.46. The van der Waals surface area contributed by atoms with Crippen molar-refractivity contribution in [3.63, 3.8) is 0 Å². The molecule has 0 bridgehead atoms. The van der Waals surface area contributed by atoms with E-state index < -0.39 is 16.9 Å².